The largest absolute Gasteiger partial charge is 0.507 e. The van der Waals surface area contributed by atoms with Crippen LogP contribution in [0.4, 0.5) is 0 Å². The summed E-state index contributed by atoms with van der Waals surface area (Å²) in [5.74, 6) is 0.480. The number of rotatable bonds is 13. The van der Waals surface area contributed by atoms with Gasteiger partial charge in [-0.1, -0.05) is 54.9 Å². The summed E-state index contributed by atoms with van der Waals surface area (Å²) < 4.78 is 0.890. The van der Waals surface area contributed by atoms with Gasteiger partial charge in [-0.25, -0.2) is 0 Å². The fourth-order valence-corrected chi connectivity index (χ4v) is 4.27. The minimum absolute atomic E-state index is 0.0452. The molecule has 1 atom stereocenters. The van der Waals surface area contributed by atoms with Crippen molar-refractivity contribution in [1.82, 2.24) is 5.32 Å². The lowest BCUT2D eigenvalue weighted by molar-refractivity contribution is -0.870. The summed E-state index contributed by atoms with van der Waals surface area (Å²) in [4.78, 5) is 12.9. The van der Waals surface area contributed by atoms with E-state index in [1.165, 1.54) is 12.8 Å². The molecule has 0 fully saturated rings. The van der Waals surface area contributed by atoms with Crippen molar-refractivity contribution < 1.29 is 14.4 Å². The summed E-state index contributed by atoms with van der Waals surface area (Å²) in [7, 11) is 6.48. The molecule has 0 aliphatic heterocycles. The lowest BCUT2D eigenvalue weighted by Crippen LogP contribution is -2.37. The molecule has 5 heteroatoms. The molecule has 0 aliphatic rings. The van der Waals surface area contributed by atoms with Crippen LogP contribution in [0.1, 0.15) is 102 Å². The number of amides is 1. The maximum absolute atomic E-state index is 12.9. The quantitative estimate of drug-likeness (QED) is 0.239. The van der Waals surface area contributed by atoms with Crippen molar-refractivity contribution >= 4 is 17.7 Å². The lowest BCUT2D eigenvalue weighted by Gasteiger charge is -2.27. The molecule has 1 rings (SSSR count). The van der Waals surface area contributed by atoms with Gasteiger partial charge < -0.3 is 14.9 Å². The molecule has 2 N–H and O–H groups in total. The summed E-state index contributed by atoms with van der Waals surface area (Å²) in [5, 5.41) is 14.7. The highest BCUT2D eigenvalue weighted by atomic mass is 32.2. The Morgan fingerprint density at radius 2 is 1.73 bits per heavy atom. The van der Waals surface area contributed by atoms with Gasteiger partial charge in [0, 0.05) is 23.8 Å². The average Bonchev–Trinajstić information content (AvgIpc) is 2.72. The minimum atomic E-state index is -0.0452. The van der Waals surface area contributed by atoms with Crippen molar-refractivity contribution in [2.75, 3.05) is 40.5 Å². The van der Waals surface area contributed by atoms with E-state index in [9.17, 15) is 9.90 Å². The second kappa shape index (κ2) is 14.9. The van der Waals surface area contributed by atoms with E-state index in [-0.39, 0.29) is 17.2 Å². The number of hydrogen-bond donors (Lipinski definition) is 2. The number of benzene rings is 1. The van der Waals surface area contributed by atoms with Gasteiger partial charge in [-0.2, -0.15) is 11.8 Å². The second-order valence-corrected chi connectivity index (χ2v) is 12.4. The summed E-state index contributed by atoms with van der Waals surface area (Å²) >= 11 is 1.92. The van der Waals surface area contributed by atoms with E-state index in [0.717, 1.165) is 41.4 Å². The molecule has 0 aromatic heterocycles. The average molecular weight is 482 g/mol. The number of thioether (sulfide) groups is 1. The van der Waals surface area contributed by atoms with Gasteiger partial charge in [0.25, 0.3) is 5.91 Å². The zero-order valence-corrected chi connectivity index (χ0v) is 24.3. The Balaban J connectivity index is 0.00000497. The molecule has 33 heavy (non-hydrogen) atoms. The van der Waals surface area contributed by atoms with Gasteiger partial charge in [0.1, 0.15) is 5.75 Å². The summed E-state index contributed by atoms with van der Waals surface area (Å²) in [6, 6.07) is 3.77. The lowest BCUT2D eigenvalue weighted by atomic mass is 9.79. The first-order chi connectivity index (χ1) is 15.3. The molecule has 192 valence electrons. The number of aromatic hydroxyl groups is 1. The molecule has 0 heterocycles. The number of phenols is 1. The molecule has 0 radical (unpaired) electrons. The fourth-order valence-electron chi connectivity index (χ4n) is 3.87. The van der Waals surface area contributed by atoms with Gasteiger partial charge in [0.05, 0.1) is 27.7 Å². The fraction of sp³-hybridized carbons (Fsp3) is 0.750. The van der Waals surface area contributed by atoms with Crippen LogP contribution in [0.3, 0.4) is 0 Å². The third-order valence-corrected chi connectivity index (χ3v) is 6.97. The Bertz CT molecular complexity index is 709. The number of hydrogen-bond acceptors (Lipinski definition) is 3. The second-order valence-electron chi connectivity index (χ2n) is 11.1. The normalized spacial score (nSPS) is 12.8. The van der Waals surface area contributed by atoms with Crippen LogP contribution in [0.15, 0.2) is 12.1 Å². The number of nitrogens with zero attached hydrogens (tertiary/aromatic N) is 1. The SMILES string of the molecule is CC.CSC(C)CCCC(C)(C)Cc1cc(C(=O)NCCC[N+](C)(C)C)cc(C(C)C)c1O. The van der Waals surface area contributed by atoms with E-state index in [1.807, 2.05) is 37.7 Å². The van der Waals surface area contributed by atoms with Crippen LogP contribution in [0.2, 0.25) is 0 Å². The Morgan fingerprint density at radius 1 is 1.12 bits per heavy atom. The monoisotopic (exact) mass is 481 g/mol. The topological polar surface area (TPSA) is 49.3 Å². The van der Waals surface area contributed by atoms with Gasteiger partial charge >= 0.3 is 0 Å². The number of nitrogens with one attached hydrogen (secondary N) is 1. The standard InChI is InChI=1S/C26H46N2O2S.C2H6/c1-19(2)23-17-21(25(30)27-14-11-15-28(6,7)8)16-22(24(23)29)18-26(4,5)13-10-12-20(3)31-9;1-2/h16-17,19-20H,10-15,18H2,1-9H3,(H-,27,29,30);1-2H3/p+1. The molecule has 0 saturated carbocycles. The maximum atomic E-state index is 12.9. The first kappa shape index (κ1) is 31.8. The first-order valence-electron chi connectivity index (χ1n) is 12.7. The number of carbonyl (C=O) groups is 1. The van der Waals surface area contributed by atoms with Gasteiger partial charge in [0.15, 0.2) is 0 Å². The molecular formula is C28H53N2O2S+. The van der Waals surface area contributed by atoms with Gasteiger partial charge in [0.2, 0.25) is 0 Å². The summed E-state index contributed by atoms with van der Waals surface area (Å²) in [6.45, 7) is 16.6. The van der Waals surface area contributed by atoms with Crippen LogP contribution in [0.25, 0.3) is 0 Å². The van der Waals surface area contributed by atoms with Crippen LogP contribution in [-0.4, -0.2) is 61.2 Å². The maximum Gasteiger partial charge on any atom is 0.251 e. The van der Waals surface area contributed by atoms with E-state index in [2.05, 4.69) is 67.3 Å². The van der Waals surface area contributed by atoms with Crippen molar-refractivity contribution in [3.8, 4) is 5.75 Å². The molecule has 0 bridgehead atoms. The molecular weight excluding hydrogens is 428 g/mol. The molecule has 0 aliphatic carbocycles. The van der Waals surface area contributed by atoms with E-state index in [0.29, 0.717) is 23.1 Å². The van der Waals surface area contributed by atoms with Crippen LogP contribution in [0, 0.1) is 5.41 Å². The smallest absolute Gasteiger partial charge is 0.251 e. The van der Waals surface area contributed by atoms with Gasteiger partial charge in [-0.05, 0) is 60.1 Å². The Labute approximate surface area is 209 Å². The third kappa shape index (κ3) is 12.7. The van der Waals surface area contributed by atoms with Crippen LogP contribution in [0.5, 0.6) is 5.75 Å². The van der Waals surface area contributed by atoms with Crippen LogP contribution >= 0.6 is 11.8 Å². The molecule has 1 amide bonds. The molecule has 1 aromatic carbocycles. The minimum Gasteiger partial charge on any atom is -0.507 e. The summed E-state index contributed by atoms with van der Waals surface area (Å²) in [5.41, 5.74) is 2.49. The number of phenolic OH excluding ortho intramolecular Hbond substituents is 1. The number of carbonyl (C=O) groups excluding carboxylic acids is 1. The predicted molar refractivity (Wildman–Crippen MR) is 148 cm³/mol. The van der Waals surface area contributed by atoms with Crippen molar-refractivity contribution in [3.63, 3.8) is 0 Å². The van der Waals surface area contributed by atoms with Crippen molar-refractivity contribution in [3.05, 3.63) is 28.8 Å². The van der Waals surface area contributed by atoms with E-state index in [4.69, 9.17) is 0 Å². The third-order valence-electron chi connectivity index (χ3n) is 5.93. The van der Waals surface area contributed by atoms with E-state index < -0.39 is 0 Å². The molecule has 1 aromatic rings. The van der Waals surface area contributed by atoms with Crippen molar-refractivity contribution in [2.45, 2.75) is 91.7 Å². The highest BCUT2D eigenvalue weighted by Crippen LogP contribution is 2.37. The van der Waals surface area contributed by atoms with Crippen LogP contribution < -0.4 is 5.32 Å². The van der Waals surface area contributed by atoms with E-state index in [1.54, 1.807) is 0 Å². The highest BCUT2D eigenvalue weighted by Gasteiger charge is 2.24. The van der Waals surface area contributed by atoms with E-state index >= 15 is 0 Å². The highest BCUT2D eigenvalue weighted by molar-refractivity contribution is 7.99. The van der Waals surface area contributed by atoms with Gasteiger partial charge in [-0.15, -0.1) is 0 Å². The molecule has 1 unspecified atom stereocenters. The molecule has 4 nitrogen and oxygen atoms in total. The Morgan fingerprint density at radius 3 is 2.24 bits per heavy atom. The zero-order valence-electron chi connectivity index (χ0n) is 23.5. The Kier molecular flexibility index (Phi) is 14.4. The van der Waals surface area contributed by atoms with Gasteiger partial charge in [-0.3, -0.25) is 4.79 Å². The van der Waals surface area contributed by atoms with Crippen molar-refractivity contribution in [1.29, 1.82) is 0 Å². The molecule has 0 spiro atoms. The molecule has 0 saturated heterocycles. The summed E-state index contributed by atoms with van der Waals surface area (Å²) in [6.07, 6.45) is 7.38. The Hall–Kier alpha value is -1.20. The van der Waals surface area contributed by atoms with Crippen LogP contribution in [-0.2, 0) is 6.42 Å². The zero-order chi connectivity index (χ0) is 25.8. The first-order valence-corrected chi connectivity index (χ1v) is 14.0. The van der Waals surface area contributed by atoms with Crippen molar-refractivity contribution in [2.24, 2.45) is 5.41 Å². The predicted octanol–water partition coefficient (Wildman–Crippen LogP) is 6.86. The number of quaternary nitrogens is 1.